The zero-order valence-corrected chi connectivity index (χ0v) is 15.4. The Labute approximate surface area is 145 Å². The molecule has 0 aliphatic heterocycles. The van der Waals surface area contributed by atoms with Crippen molar-refractivity contribution in [2.24, 2.45) is 0 Å². The standard InChI is InChI=1S/C18H28N2O3S/c1-3-13-19-18(21)14(2)20-24(22,23)17-11-9-16(10-12-17)15-7-5-4-6-8-15/h9-12,14-15,20H,3-8,13H2,1-2H3,(H,19,21)/t14-/m1/s1. The molecule has 1 aliphatic carbocycles. The van der Waals surface area contributed by atoms with E-state index in [4.69, 9.17) is 0 Å². The van der Waals surface area contributed by atoms with E-state index >= 15 is 0 Å². The lowest BCUT2D eigenvalue weighted by molar-refractivity contribution is -0.122. The van der Waals surface area contributed by atoms with Crippen molar-refractivity contribution in [2.75, 3.05) is 6.54 Å². The Morgan fingerprint density at radius 2 is 1.79 bits per heavy atom. The second kappa shape index (κ2) is 8.62. The van der Waals surface area contributed by atoms with E-state index in [1.54, 1.807) is 19.1 Å². The number of sulfonamides is 1. The van der Waals surface area contributed by atoms with Crippen LogP contribution in [0.2, 0.25) is 0 Å². The van der Waals surface area contributed by atoms with E-state index in [-0.39, 0.29) is 10.8 Å². The van der Waals surface area contributed by atoms with Gasteiger partial charge in [0, 0.05) is 6.54 Å². The monoisotopic (exact) mass is 352 g/mol. The molecule has 0 heterocycles. The first-order chi connectivity index (χ1) is 11.4. The molecule has 134 valence electrons. The Hall–Kier alpha value is -1.40. The summed E-state index contributed by atoms with van der Waals surface area (Å²) in [4.78, 5) is 12.0. The molecule has 6 heteroatoms. The van der Waals surface area contributed by atoms with Gasteiger partial charge in [-0.15, -0.1) is 0 Å². The van der Waals surface area contributed by atoms with Crippen molar-refractivity contribution in [3.8, 4) is 0 Å². The number of rotatable bonds is 7. The summed E-state index contributed by atoms with van der Waals surface area (Å²) in [7, 11) is -3.69. The van der Waals surface area contributed by atoms with Crippen molar-refractivity contribution in [3.63, 3.8) is 0 Å². The molecular formula is C18H28N2O3S. The molecule has 1 aliphatic rings. The van der Waals surface area contributed by atoms with Crippen LogP contribution < -0.4 is 10.0 Å². The normalized spacial score (nSPS) is 17.4. The SMILES string of the molecule is CCCNC(=O)[C@@H](C)NS(=O)(=O)c1ccc(C2CCCCC2)cc1. The van der Waals surface area contributed by atoms with Crippen LogP contribution in [0.1, 0.15) is 63.9 Å². The summed E-state index contributed by atoms with van der Waals surface area (Å²) >= 11 is 0. The van der Waals surface area contributed by atoms with Crippen LogP contribution in [0.25, 0.3) is 0 Å². The highest BCUT2D eigenvalue weighted by molar-refractivity contribution is 7.89. The van der Waals surface area contributed by atoms with Gasteiger partial charge in [0.05, 0.1) is 10.9 Å². The minimum Gasteiger partial charge on any atom is -0.355 e. The molecular weight excluding hydrogens is 324 g/mol. The number of benzene rings is 1. The maximum atomic E-state index is 12.4. The molecule has 2 rings (SSSR count). The Kier molecular flexibility index (Phi) is 6.80. The summed E-state index contributed by atoms with van der Waals surface area (Å²) < 4.78 is 27.3. The number of hydrogen-bond donors (Lipinski definition) is 2. The fourth-order valence-corrected chi connectivity index (χ4v) is 4.31. The van der Waals surface area contributed by atoms with Gasteiger partial charge < -0.3 is 5.32 Å². The van der Waals surface area contributed by atoms with Crippen molar-refractivity contribution in [2.45, 2.75) is 69.2 Å². The predicted molar refractivity (Wildman–Crippen MR) is 95.4 cm³/mol. The molecule has 2 N–H and O–H groups in total. The Bertz CT molecular complexity index is 635. The highest BCUT2D eigenvalue weighted by atomic mass is 32.2. The topological polar surface area (TPSA) is 75.3 Å². The molecule has 0 aromatic heterocycles. The Morgan fingerprint density at radius 1 is 1.17 bits per heavy atom. The van der Waals surface area contributed by atoms with Crippen molar-refractivity contribution >= 4 is 15.9 Å². The zero-order chi connectivity index (χ0) is 17.6. The summed E-state index contributed by atoms with van der Waals surface area (Å²) in [6.45, 7) is 4.04. The first-order valence-corrected chi connectivity index (χ1v) is 10.3. The molecule has 1 saturated carbocycles. The van der Waals surface area contributed by atoms with Gasteiger partial charge in [0.2, 0.25) is 15.9 Å². The number of amides is 1. The minimum absolute atomic E-state index is 0.206. The largest absolute Gasteiger partial charge is 0.355 e. The summed E-state index contributed by atoms with van der Waals surface area (Å²) in [6.07, 6.45) is 6.96. The van der Waals surface area contributed by atoms with Crippen LogP contribution >= 0.6 is 0 Å². The van der Waals surface area contributed by atoms with Gasteiger partial charge in [0.25, 0.3) is 0 Å². The van der Waals surface area contributed by atoms with E-state index in [2.05, 4.69) is 10.0 Å². The van der Waals surface area contributed by atoms with Crippen LogP contribution in [0.15, 0.2) is 29.2 Å². The first-order valence-electron chi connectivity index (χ1n) is 8.84. The lowest BCUT2D eigenvalue weighted by Crippen LogP contribution is -2.44. The molecule has 1 atom stereocenters. The van der Waals surface area contributed by atoms with E-state index in [1.165, 1.54) is 37.7 Å². The summed E-state index contributed by atoms with van der Waals surface area (Å²) in [5.74, 6) is 0.237. The van der Waals surface area contributed by atoms with Gasteiger partial charge in [-0.2, -0.15) is 4.72 Å². The number of carbonyl (C=O) groups is 1. The third-order valence-electron chi connectivity index (χ3n) is 4.54. The average molecular weight is 353 g/mol. The van der Waals surface area contributed by atoms with E-state index in [1.807, 2.05) is 19.1 Å². The van der Waals surface area contributed by atoms with E-state index in [0.29, 0.717) is 12.5 Å². The van der Waals surface area contributed by atoms with Crippen LogP contribution in [0.5, 0.6) is 0 Å². The fraction of sp³-hybridized carbons (Fsp3) is 0.611. The van der Waals surface area contributed by atoms with Crippen LogP contribution in [0.4, 0.5) is 0 Å². The number of carbonyl (C=O) groups excluding carboxylic acids is 1. The molecule has 1 aromatic carbocycles. The number of nitrogens with one attached hydrogen (secondary N) is 2. The molecule has 0 radical (unpaired) electrons. The lowest BCUT2D eigenvalue weighted by atomic mass is 9.84. The average Bonchev–Trinajstić information content (AvgIpc) is 2.60. The maximum absolute atomic E-state index is 12.4. The zero-order valence-electron chi connectivity index (χ0n) is 14.5. The Morgan fingerprint density at radius 3 is 2.38 bits per heavy atom. The van der Waals surface area contributed by atoms with Gasteiger partial charge in [-0.05, 0) is 49.8 Å². The molecule has 0 unspecified atom stereocenters. The fourth-order valence-electron chi connectivity index (χ4n) is 3.11. The van der Waals surface area contributed by atoms with Gasteiger partial charge >= 0.3 is 0 Å². The lowest BCUT2D eigenvalue weighted by Gasteiger charge is -2.22. The van der Waals surface area contributed by atoms with E-state index in [0.717, 1.165) is 6.42 Å². The molecule has 0 bridgehead atoms. The minimum atomic E-state index is -3.69. The highest BCUT2D eigenvalue weighted by Gasteiger charge is 2.22. The molecule has 1 amide bonds. The first kappa shape index (κ1) is 18.9. The molecule has 0 saturated heterocycles. The van der Waals surface area contributed by atoms with Gasteiger partial charge in [0.15, 0.2) is 0 Å². The van der Waals surface area contributed by atoms with E-state index < -0.39 is 16.1 Å². The highest BCUT2D eigenvalue weighted by Crippen LogP contribution is 2.32. The summed E-state index contributed by atoms with van der Waals surface area (Å²) in [5.41, 5.74) is 1.21. The van der Waals surface area contributed by atoms with Gasteiger partial charge in [0.1, 0.15) is 0 Å². The van der Waals surface area contributed by atoms with Crippen molar-refractivity contribution in [1.82, 2.24) is 10.0 Å². The van der Waals surface area contributed by atoms with Gasteiger partial charge in [-0.3, -0.25) is 4.79 Å². The molecule has 1 fully saturated rings. The molecule has 24 heavy (non-hydrogen) atoms. The van der Waals surface area contributed by atoms with E-state index in [9.17, 15) is 13.2 Å². The summed E-state index contributed by atoms with van der Waals surface area (Å²) in [6, 6.07) is 6.31. The molecule has 0 spiro atoms. The second-order valence-corrected chi connectivity index (χ2v) is 8.25. The van der Waals surface area contributed by atoms with Gasteiger partial charge in [-0.1, -0.05) is 38.3 Å². The van der Waals surface area contributed by atoms with Crippen LogP contribution in [0.3, 0.4) is 0 Å². The predicted octanol–water partition coefficient (Wildman–Crippen LogP) is 2.93. The third kappa shape index (κ3) is 5.05. The smallest absolute Gasteiger partial charge is 0.241 e. The Balaban J connectivity index is 2.02. The van der Waals surface area contributed by atoms with Gasteiger partial charge in [-0.25, -0.2) is 8.42 Å². The summed E-state index contributed by atoms with van der Waals surface area (Å²) in [5, 5.41) is 2.69. The molecule has 5 nitrogen and oxygen atoms in total. The third-order valence-corrected chi connectivity index (χ3v) is 6.10. The van der Waals surface area contributed by atoms with Crippen LogP contribution in [0, 0.1) is 0 Å². The van der Waals surface area contributed by atoms with Crippen LogP contribution in [-0.4, -0.2) is 26.9 Å². The quantitative estimate of drug-likeness (QED) is 0.792. The number of hydrogen-bond acceptors (Lipinski definition) is 3. The second-order valence-electron chi connectivity index (χ2n) is 6.54. The maximum Gasteiger partial charge on any atom is 0.241 e. The van der Waals surface area contributed by atoms with Crippen molar-refractivity contribution < 1.29 is 13.2 Å². The van der Waals surface area contributed by atoms with Crippen molar-refractivity contribution in [1.29, 1.82) is 0 Å². The van der Waals surface area contributed by atoms with Crippen molar-refractivity contribution in [3.05, 3.63) is 29.8 Å². The van der Waals surface area contributed by atoms with Crippen LogP contribution in [-0.2, 0) is 14.8 Å². The molecule has 1 aromatic rings.